The Bertz CT molecular complexity index is 720. The van der Waals surface area contributed by atoms with Gasteiger partial charge in [-0.15, -0.1) is 12.4 Å². The number of nitrogens with one attached hydrogen (secondary N) is 2. The average Bonchev–Trinajstić information content (AvgIpc) is 3.14. The number of amides is 1. The Hall–Kier alpha value is -1.60. The number of carbonyl (C=O) groups excluding carboxylic acids is 1. The second kappa shape index (κ2) is 5.24. The van der Waals surface area contributed by atoms with Gasteiger partial charge in [0.25, 0.3) is 0 Å². The number of rotatable bonds is 2. The molecule has 7 nitrogen and oxygen atoms in total. The fourth-order valence-electron chi connectivity index (χ4n) is 4.25. The van der Waals surface area contributed by atoms with Crippen LogP contribution in [-0.2, 0) is 11.8 Å². The molecule has 0 aromatic carbocycles. The molecule has 0 aliphatic heterocycles. The zero-order valence-electron chi connectivity index (χ0n) is 12.7. The van der Waals surface area contributed by atoms with Crippen LogP contribution < -0.4 is 11.1 Å². The Kier molecular flexibility index (Phi) is 3.65. The summed E-state index contributed by atoms with van der Waals surface area (Å²) >= 11 is 0. The van der Waals surface area contributed by atoms with Crippen LogP contribution in [0.25, 0.3) is 11.0 Å². The number of nitrogens with zero attached hydrogens (tertiary/aromatic N) is 3. The van der Waals surface area contributed by atoms with Crippen molar-refractivity contribution in [1.29, 1.82) is 0 Å². The van der Waals surface area contributed by atoms with Crippen molar-refractivity contribution in [2.45, 2.75) is 32.2 Å². The minimum atomic E-state index is -0.0703. The van der Waals surface area contributed by atoms with E-state index in [1.165, 1.54) is 6.42 Å². The number of nitrogens with two attached hydrogens (primary N) is 1. The third-order valence-electron chi connectivity index (χ3n) is 5.25. The first kappa shape index (κ1) is 15.3. The van der Waals surface area contributed by atoms with E-state index < -0.39 is 0 Å². The van der Waals surface area contributed by atoms with Crippen molar-refractivity contribution >= 4 is 35.2 Å². The molecule has 2 aromatic heterocycles. The highest BCUT2D eigenvalue weighted by atomic mass is 35.5. The normalized spacial score (nSPS) is 29.8. The van der Waals surface area contributed by atoms with Crippen LogP contribution in [0.1, 0.15) is 25.0 Å². The fourth-order valence-corrected chi connectivity index (χ4v) is 4.25. The number of hydrogen-bond donors (Lipinski definition) is 3. The summed E-state index contributed by atoms with van der Waals surface area (Å²) < 4.78 is 1.71. The first-order chi connectivity index (χ1) is 10.1. The first-order valence-electron chi connectivity index (χ1n) is 7.50. The molecule has 120 valence electrons. The molecular weight excluding hydrogens is 304 g/mol. The maximum absolute atomic E-state index is 12.6. The highest BCUT2D eigenvalue weighted by Gasteiger charge is 2.49. The summed E-state index contributed by atoms with van der Waals surface area (Å²) in [7, 11) is 1.84. The Morgan fingerprint density at radius 2 is 2.14 bits per heavy atom. The molecule has 0 spiro atoms. The quantitative estimate of drug-likeness (QED) is 0.775. The van der Waals surface area contributed by atoms with Crippen molar-refractivity contribution in [2.24, 2.45) is 30.5 Å². The molecule has 8 heteroatoms. The van der Waals surface area contributed by atoms with Gasteiger partial charge in [0.1, 0.15) is 5.82 Å². The Balaban J connectivity index is 0.00000144. The Morgan fingerprint density at radius 1 is 1.41 bits per heavy atom. The van der Waals surface area contributed by atoms with Crippen LogP contribution >= 0.6 is 12.4 Å². The average molecular weight is 325 g/mol. The van der Waals surface area contributed by atoms with E-state index in [2.05, 4.69) is 20.6 Å². The summed E-state index contributed by atoms with van der Waals surface area (Å²) in [5, 5.41) is 15.3. The highest BCUT2D eigenvalue weighted by molar-refractivity contribution is 6.01. The highest BCUT2D eigenvalue weighted by Crippen LogP contribution is 2.48. The molecule has 2 aromatic rings. The molecule has 2 aliphatic rings. The second-order valence-electron chi connectivity index (χ2n) is 6.43. The summed E-state index contributed by atoms with van der Waals surface area (Å²) in [6.07, 6.45) is 3.40. The molecule has 4 atom stereocenters. The lowest BCUT2D eigenvalue weighted by molar-refractivity contribution is -0.121. The van der Waals surface area contributed by atoms with Crippen LogP contribution in [0, 0.1) is 24.7 Å². The van der Waals surface area contributed by atoms with Gasteiger partial charge in [-0.2, -0.15) is 10.2 Å². The molecule has 4 N–H and O–H groups in total. The van der Waals surface area contributed by atoms with E-state index in [9.17, 15) is 4.79 Å². The summed E-state index contributed by atoms with van der Waals surface area (Å²) in [5.74, 6) is 1.55. The van der Waals surface area contributed by atoms with E-state index in [0.29, 0.717) is 17.7 Å². The minimum Gasteiger partial charge on any atom is -0.327 e. The lowest BCUT2D eigenvalue weighted by Crippen LogP contribution is -2.42. The van der Waals surface area contributed by atoms with Crippen LogP contribution in [-0.4, -0.2) is 31.9 Å². The number of H-pyrrole nitrogens is 1. The third kappa shape index (κ3) is 2.03. The molecular formula is C14H21ClN6O. The van der Waals surface area contributed by atoms with Crippen LogP contribution in [0.5, 0.6) is 0 Å². The first-order valence-corrected chi connectivity index (χ1v) is 7.50. The molecule has 1 amide bonds. The number of aryl methyl sites for hydroxylation is 2. The molecule has 2 aliphatic carbocycles. The Labute approximate surface area is 134 Å². The molecule has 2 bridgehead atoms. The smallest absolute Gasteiger partial charge is 0.230 e. The van der Waals surface area contributed by atoms with Crippen LogP contribution in [0.4, 0.5) is 5.82 Å². The molecule has 2 heterocycles. The maximum Gasteiger partial charge on any atom is 0.230 e. The van der Waals surface area contributed by atoms with E-state index in [-0.39, 0.29) is 30.3 Å². The zero-order valence-corrected chi connectivity index (χ0v) is 13.5. The van der Waals surface area contributed by atoms with Gasteiger partial charge < -0.3 is 11.1 Å². The van der Waals surface area contributed by atoms with E-state index >= 15 is 0 Å². The van der Waals surface area contributed by atoms with Gasteiger partial charge in [0.05, 0.1) is 17.0 Å². The van der Waals surface area contributed by atoms with Gasteiger partial charge in [-0.3, -0.25) is 9.89 Å². The van der Waals surface area contributed by atoms with Crippen LogP contribution in [0.3, 0.4) is 0 Å². The summed E-state index contributed by atoms with van der Waals surface area (Å²) in [6, 6.07) is -0.00263. The fraction of sp³-hybridized carbons (Fsp3) is 0.643. The lowest BCUT2D eigenvalue weighted by atomic mass is 9.84. The number of halogens is 1. The molecule has 0 radical (unpaired) electrons. The SMILES string of the molecule is Cc1nn(C)c2n[nH]c(NC(=O)C3C4CCC(C4)C3N)c12.Cl. The van der Waals surface area contributed by atoms with Crippen molar-refractivity contribution in [1.82, 2.24) is 20.0 Å². The number of carbonyl (C=O) groups is 1. The maximum atomic E-state index is 12.6. The molecule has 4 unspecified atom stereocenters. The second-order valence-corrected chi connectivity index (χ2v) is 6.43. The number of fused-ring (bicyclic) bond motifs is 3. The predicted octanol–water partition coefficient (Wildman–Crippen LogP) is 1.34. The van der Waals surface area contributed by atoms with Crippen molar-refractivity contribution in [3.63, 3.8) is 0 Å². The van der Waals surface area contributed by atoms with E-state index in [4.69, 9.17) is 5.73 Å². The number of hydrogen-bond acceptors (Lipinski definition) is 4. The van der Waals surface area contributed by atoms with Gasteiger partial charge in [0.2, 0.25) is 5.91 Å². The van der Waals surface area contributed by atoms with Crippen molar-refractivity contribution in [3.05, 3.63) is 5.69 Å². The van der Waals surface area contributed by atoms with Crippen molar-refractivity contribution in [3.8, 4) is 0 Å². The summed E-state index contributed by atoms with van der Waals surface area (Å²) in [4.78, 5) is 12.6. The van der Waals surface area contributed by atoms with Gasteiger partial charge in [-0.1, -0.05) is 0 Å². The van der Waals surface area contributed by atoms with Crippen molar-refractivity contribution in [2.75, 3.05) is 5.32 Å². The van der Waals surface area contributed by atoms with Crippen LogP contribution in [0.15, 0.2) is 0 Å². The standard InChI is InChI=1S/C14H20N6O.ClH/c1-6-9-12(17-18-13(9)20(2)19-6)16-14(21)10-7-3-4-8(5-7)11(10)15;/h7-8,10-11H,3-5,15H2,1-2H3,(H2,16,17,18,21);1H. The van der Waals surface area contributed by atoms with Gasteiger partial charge in [-0.25, -0.2) is 4.68 Å². The van der Waals surface area contributed by atoms with Gasteiger partial charge >= 0.3 is 0 Å². The molecule has 22 heavy (non-hydrogen) atoms. The van der Waals surface area contributed by atoms with E-state index in [1.807, 2.05) is 14.0 Å². The van der Waals surface area contributed by atoms with E-state index in [1.54, 1.807) is 4.68 Å². The molecule has 2 fully saturated rings. The monoisotopic (exact) mass is 324 g/mol. The summed E-state index contributed by atoms with van der Waals surface area (Å²) in [5.41, 5.74) is 7.84. The molecule has 0 saturated heterocycles. The van der Waals surface area contributed by atoms with Crippen LogP contribution in [0.2, 0.25) is 0 Å². The van der Waals surface area contributed by atoms with E-state index in [0.717, 1.165) is 29.6 Å². The largest absolute Gasteiger partial charge is 0.327 e. The minimum absolute atomic E-state index is 0. The number of anilines is 1. The lowest BCUT2D eigenvalue weighted by Gasteiger charge is -2.26. The zero-order chi connectivity index (χ0) is 14.7. The molecule has 4 rings (SSSR count). The van der Waals surface area contributed by atoms with Gasteiger partial charge in [0.15, 0.2) is 5.65 Å². The van der Waals surface area contributed by atoms with Crippen molar-refractivity contribution < 1.29 is 4.79 Å². The summed E-state index contributed by atoms with van der Waals surface area (Å²) in [6.45, 7) is 1.91. The third-order valence-corrected chi connectivity index (χ3v) is 5.25. The molecule has 2 saturated carbocycles. The number of aromatic nitrogens is 4. The predicted molar refractivity (Wildman–Crippen MR) is 85.8 cm³/mol. The van der Waals surface area contributed by atoms with Gasteiger partial charge in [-0.05, 0) is 38.0 Å². The Morgan fingerprint density at radius 3 is 2.82 bits per heavy atom. The topological polar surface area (TPSA) is 102 Å². The number of aromatic amines is 1. The van der Waals surface area contributed by atoms with Gasteiger partial charge in [0, 0.05) is 13.1 Å².